The molecule has 0 saturated heterocycles. The SMILES string of the molecule is c1ccc(-c2ccc(N(c3ccc(-c4ccccc4)cc3)c3ccc4c(c3)C3(c5ccccc5-c5ccccc53)c3cc(N(c5ccc(-c6ccccc6)cc5)c5ccc(-c6ccccc6)cc5)c5c(oc6ccccc65)c3-4)cc2)cc1. The molecule has 0 fully saturated rings. The summed E-state index contributed by atoms with van der Waals surface area (Å²) < 4.78 is 7.42. The number of para-hydroxylation sites is 1. The average Bonchev–Trinajstić information content (AvgIpc) is 2.35. The van der Waals surface area contributed by atoms with Gasteiger partial charge in [0, 0.05) is 39.4 Å². The molecule has 0 atom stereocenters. The fourth-order valence-electron chi connectivity index (χ4n) is 13.4. The molecule has 0 N–H and O–H groups in total. The highest BCUT2D eigenvalue weighted by Gasteiger charge is 2.53. The first-order valence-corrected chi connectivity index (χ1v) is 28.2. The van der Waals surface area contributed by atoms with Crippen LogP contribution in [-0.2, 0) is 5.41 Å². The van der Waals surface area contributed by atoms with Crippen LogP contribution in [-0.4, -0.2) is 0 Å². The zero-order valence-corrected chi connectivity index (χ0v) is 44.8. The van der Waals surface area contributed by atoms with Crippen LogP contribution < -0.4 is 9.80 Å². The van der Waals surface area contributed by atoms with Gasteiger partial charge in [-0.3, -0.25) is 0 Å². The minimum Gasteiger partial charge on any atom is -0.455 e. The first kappa shape index (κ1) is 47.3. The van der Waals surface area contributed by atoms with E-state index in [9.17, 15) is 0 Å². The first-order valence-electron chi connectivity index (χ1n) is 28.2. The van der Waals surface area contributed by atoms with Crippen LogP contribution in [0.2, 0.25) is 0 Å². The predicted molar refractivity (Wildman–Crippen MR) is 341 cm³/mol. The summed E-state index contributed by atoms with van der Waals surface area (Å²) in [6, 6.07) is 115. The molecule has 16 rings (SSSR count). The van der Waals surface area contributed by atoms with Gasteiger partial charge in [-0.25, -0.2) is 0 Å². The highest BCUT2D eigenvalue weighted by molar-refractivity contribution is 6.20. The Labute approximate surface area is 477 Å². The van der Waals surface area contributed by atoms with Crippen molar-refractivity contribution in [2.24, 2.45) is 0 Å². The normalized spacial score (nSPS) is 12.5. The maximum Gasteiger partial charge on any atom is 0.145 e. The topological polar surface area (TPSA) is 19.6 Å². The molecule has 0 bridgehead atoms. The van der Waals surface area contributed by atoms with Gasteiger partial charge < -0.3 is 14.2 Å². The molecular formula is C79H52N2O. The van der Waals surface area contributed by atoms with Gasteiger partial charge in [0.2, 0.25) is 0 Å². The van der Waals surface area contributed by atoms with E-state index in [0.717, 1.165) is 78.3 Å². The molecule has 1 aromatic heterocycles. The van der Waals surface area contributed by atoms with Crippen LogP contribution in [0, 0.1) is 0 Å². The highest BCUT2D eigenvalue weighted by atomic mass is 16.3. The Morgan fingerprint density at radius 1 is 0.256 bits per heavy atom. The number of fused-ring (bicyclic) bond motifs is 14. The van der Waals surface area contributed by atoms with E-state index >= 15 is 0 Å². The monoisotopic (exact) mass is 1040 g/mol. The van der Waals surface area contributed by atoms with Crippen LogP contribution in [0.3, 0.4) is 0 Å². The summed E-state index contributed by atoms with van der Waals surface area (Å²) in [5.41, 5.74) is 26.4. The summed E-state index contributed by atoms with van der Waals surface area (Å²) in [6.45, 7) is 0. The van der Waals surface area contributed by atoms with Crippen LogP contribution in [0.5, 0.6) is 0 Å². The van der Waals surface area contributed by atoms with E-state index < -0.39 is 5.41 Å². The molecule has 2 aliphatic carbocycles. The molecule has 3 heteroatoms. The second-order valence-corrected chi connectivity index (χ2v) is 21.5. The number of nitrogens with zero attached hydrogens (tertiary/aromatic N) is 2. The lowest BCUT2D eigenvalue weighted by Gasteiger charge is -2.33. The Morgan fingerprint density at radius 2 is 0.622 bits per heavy atom. The molecule has 0 unspecified atom stereocenters. The predicted octanol–water partition coefficient (Wildman–Crippen LogP) is 21.5. The summed E-state index contributed by atoms with van der Waals surface area (Å²) in [5.74, 6) is 0. The van der Waals surface area contributed by atoms with Crippen molar-refractivity contribution in [3.05, 3.63) is 338 Å². The average molecular weight is 1050 g/mol. The fourth-order valence-corrected chi connectivity index (χ4v) is 13.4. The van der Waals surface area contributed by atoms with Gasteiger partial charge in [-0.2, -0.15) is 0 Å². The number of anilines is 6. The smallest absolute Gasteiger partial charge is 0.145 e. The molecule has 3 nitrogen and oxygen atoms in total. The van der Waals surface area contributed by atoms with Crippen molar-refractivity contribution >= 4 is 56.1 Å². The third-order valence-electron chi connectivity index (χ3n) is 17.1. The number of benzene rings is 13. The molecule has 13 aromatic carbocycles. The van der Waals surface area contributed by atoms with Crippen LogP contribution >= 0.6 is 0 Å². The van der Waals surface area contributed by atoms with Gasteiger partial charge in [-0.1, -0.05) is 243 Å². The third kappa shape index (κ3) is 7.51. The molecule has 0 aliphatic heterocycles. The van der Waals surface area contributed by atoms with E-state index in [4.69, 9.17) is 4.42 Å². The Balaban J connectivity index is 0.961. The van der Waals surface area contributed by atoms with E-state index in [-0.39, 0.29) is 0 Å². The van der Waals surface area contributed by atoms with Gasteiger partial charge in [-0.05, 0) is 156 Å². The van der Waals surface area contributed by atoms with E-state index in [1.165, 1.54) is 66.8 Å². The number of hydrogen-bond acceptors (Lipinski definition) is 3. The molecule has 0 saturated carbocycles. The molecule has 2 aliphatic rings. The summed E-state index contributed by atoms with van der Waals surface area (Å²) in [5, 5.41) is 2.14. The lowest BCUT2D eigenvalue weighted by molar-refractivity contribution is 0.669. The molecule has 0 radical (unpaired) electrons. The highest BCUT2D eigenvalue weighted by Crippen LogP contribution is 2.66. The van der Waals surface area contributed by atoms with Crippen LogP contribution in [0.4, 0.5) is 34.1 Å². The van der Waals surface area contributed by atoms with Crippen molar-refractivity contribution in [1.82, 2.24) is 0 Å². The van der Waals surface area contributed by atoms with Gasteiger partial charge in [0.15, 0.2) is 0 Å². The van der Waals surface area contributed by atoms with Crippen molar-refractivity contribution in [2.45, 2.75) is 5.41 Å². The molecule has 384 valence electrons. The molecular weight excluding hydrogens is 993 g/mol. The summed E-state index contributed by atoms with van der Waals surface area (Å²) in [6.07, 6.45) is 0. The minimum atomic E-state index is -0.740. The van der Waals surface area contributed by atoms with Gasteiger partial charge in [0.05, 0.1) is 16.5 Å². The zero-order valence-electron chi connectivity index (χ0n) is 44.8. The van der Waals surface area contributed by atoms with Crippen molar-refractivity contribution in [2.75, 3.05) is 9.80 Å². The van der Waals surface area contributed by atoms with E-state index in [1.807, 2.05) is 0 Å². The molecule has 82 heavy (non-hydrogen) atoms. The van der Waals surface area contributed by atoms with Crippen molar-refractivity contribution in [3.63, 3.8) is 0 Å². The van der Waals surface area contributed by atoms with Crippen molar-refractivity contribution < 1.29 is 4.42 Å². The Kier molecular flexibility index (Phi) is 11.1. The number of hydrogen-bond donors (Lipinski definition) is 0. The summed E-state index contributed by atoms with van der Waals surface area (Å²) >= 11 is 0. The standard InChI is InChI=1S/C79H52N2O/c1-5-19-53(20-6-1)57-33-41-61(42-34-57)80(62-43-35-58(36-44-62)54-21-7-2-8-22-54)65-49-50-68-72(51-65)79(70-30-16-13-27-66(70)67-28-14-17-31-71(67)79)73-52-74(77-69-29-15-18-32-75(69)82-78(77)76(68)73)81(63-45-37-59(38-46-63)55-23-9-3-10-24-55)64-47-39-60(40-48-64)56-25-11-4-12-26-56/h1-52H. The number of furan rings is 1. The fraction of sp³-hybridized carbons (Fsp3) is 0.0127. The van der Waals surface area contributed by atoms with Crippen molar-refractivity contribution in [1.29, 1.82) is 0 Å². The third-order valence-corrected chi connectivity index (χ3v) is 17.1. The summed E-state index contributed by atoms with van der Waals surface area (Å²) in [7, 11) is 0. The first-order chi connectivity index (χ1) is 40.7. The quantitative estimate of drug-likeness (QED) is 0.136. The van der Waals surface area contributed by atoms with Crippen LogP contribution in [0.15, 0.2) is 320 Å². The molecule has 1 heterocycles. The Bertz CT molecular complexity index is 4470. The van der Waals surface area contributed by atoms with Crippen molar-refractivity contribution in [3.8, 4) is 66.8 Å². The van der Waals surface area contributed by atoms with Gasteiger partial charge in [-0.15, -0.1) is 0 Å². The van der Waals surface area contributed by atoms with E-state index in [2.05, 4.69) is 325 Å². The molecule has 1 spiro atoms. The largest absolute Gasteiger partial charge is 0.455 e. The molecule has 0 amide bonds. The molecule has 14 aromatic rings. The van der Waals surface area contributed by atoms with Crippen LogP contribution in [0.1, 0.15) is 22.3 Å². The summed E-state index contributed by atoms with van der Waals surface area (Å²) in [4.78, 5) is 4.89. The number of rotatable bonds is 10. The lowest BCUT2D eigenvalue weighted by Crippen LogP contribution is -2.26. The minimum absolute atomic E-state index is 0.740. The lowest BCUT2D eigenvalue weighted by atomic mass is 9.70. The van der Waals surface area contributed by atoms with Crippen LogP contribution in [0.25, 0.3) is 88.7 Å². The zero-order chi connectivity index (χ0) is 54.1. The second-order valence-electron chi connectivity index (χ2n) is 21.5. The second kappa shape index (κ2) is 19.3. The van der Waals surface area contributed by atoms with E-state index in [0.29, 0.717) is 0 Å². The van der Waals surface area contributed by atoms with Gasteiger partial charge >= 0.3 is 0 Å². The maximum absolute atomic E-state index is 7.42. The Hall–Kier alpha value is -10.7. The Morgan fingerprint density at radius 3 is 1.07 bits per heavy atom. The van der Waals surface area contributed by atoms with Gasteiger partial charge in [0.25, 0.3) is 0 Å². The van der Waals surface area contributed by atoms with E-state index in [1.54, 1.807) is 0 Å². The van der Waals surface area contributed by atoms with Gasteiger partial charge in [0.1, 0.15) is 11.2 Å². The maximum atomic E-state index is 7.42.